The van der Waals surface area contributed by atoms with Gasteiger partial charge in [-0.2, -0.15) is 0 Å². The van der Waals surface area contributed by atoms with Crippen molar-refractivity contribution in [1.29, 1.82) is 0 Å². The molecule has 0 fully saturated rings. The summed E-state index contributed by atoms with van der Waals surface area (Å²) in [7, 11) is 2.13. The van der Waals surface area contributed by atoms with E-state index >= 15 is 0 Å². The van der Waals surface area contributed by atoms with Crippen molar-refractivity contribution < 1.29 is 19.5 Å². The highest BCUT2D eigenvalue weighted by Gasteiger charge is 2.14. The van der Waals surface area contributed by atoms with Crippen molar-refractivity contribution in [2.45, 2.75) is 13.5 Å². The summed E-state index contributed by atoms with van der Waals surface area (Å²) in [6, 6.07) is 5.15. The van der Waals surface area contributed by atoms with Gasteiger partial charge in [0.05, 0.1) is 13.7 Å². The SMILES string of the molecule is CCOCCN(C)Cc1cc(B(O)O)ccc1OC. The second kappa shape index (κ2) is 8.17. The van der Waals surface area contributed by atoms with Crippen LogP contribution in [0.25, 0.3) is 0 Å². The number of nitrogens with zero attached hydrogens (tertiary/aromatic N) is 1. The topological polar surface area (TPSA) is 62.2 Å². The fourth-order valence-electron chi connectivity index (χ4n) is 1.82. The highest BCUT2D eigenvalue weighted by Crippen LogP contribution is 2.18. The molecule has 0 aliphatic rings. The maximum Gasteiger partial charge on any atom is 0.488 e. The van der Waals surface area contributed by atoms with E-state index in [-0.39, 0.29) is 0 Å². The van der Waals surface area contributed by atoms with E-state index in [2.05, 4.69) is 4.90 Å². The zero-order valence-corrected chi connectivity index (χ0v) is 11.8. The second-order valence-corrected chi connectivity index (χ2v) is 4.38. The van der Waals surface area contributed by atoms with Crippen LogP contribution in [-0.2, 0) is 11.3 Å². The van der Waals surface area contributed by atoms with Gasteiger partial charge in [0.1, 0.15) is 5.75 Å². The van der Waals surface area contributed by atoms with Crippen LogP contribution in [0.1, 0.15) is 12.5 Å². The predicted octanol–water partition coefficient (Wildman–Crippen LogP) is -0.157. The van der Waals surface area contributed by atoms with Crippen LogP contribution in [0.2, 0.25) is 0 Å². The summed E-state index contributed by atoms with van der Waals surface area (Å²) in [6.07, 6.45) is 0. The molecular weight excluding hydrogens is 245 g/mol. The minimum absolute atomic E-state index is 0.467. The van der Waals surface area contributed by atoms with Crippen LogP contribution < -0.4 is 10.2 Å². The first kappa shape index (κ1) is 16.0. The zero-order valence-electron chi connectivity index (χ0n) is 11.8. The van der Waals surface area contributed by atoms with Crippen molar-refractivity contribution in [3.05, 3.63) is 23.8 Å². The minimum atomic E-state index is -1.46. The fourth-order valence-corrected chi connectivity index (χ4v) is 1.82. The number of rotatable bonds is 8. The van der Waals surface area contributed by atoms with Crippen molar-refractivity contribution in [3.8, 4) is 5.75 Å². The van der Waals surface area contributed by atoms with E-state index in [9.17, 15) is 10.0 Å². The molecule has 0 heterocycles. The number of ether oxygens (including phenoxy) is 2. The van der Waals surface area contributed by atoms with Crippen LogP contribution in [0.3, 0.4) is 0 Å². The number of hydrogen-bond donors (Lipinski definition) is 2. The van der Waals surface area contributed by atoms with Gasteiger partial charge in [-0.25, -0.2) is 0 Å². The van der Waals surface area contributed by atoms with Gasteiger partial charge in [0.2, 0.25) is 0 Å². The largest absolute Gasteiger partial charge is 0.496 e. The molecular formula is C13H22BNO4. The van der Waals surface area contributed by atoms with Gasteiger partial charge in [0, 0.05) is 25.3 Å². The Kier molecular flexibility index (Phi) is 6.87. The molecule has 1 aromatic carbocycles. The first-order valence-corrected chi connectivity index (χ1v) is 6.37. The van der Waals surface area contributed by atoms with Crippen molar-refractivity contribution in [3.63, 3.8) is 0 Å². The van der Waals surface area contributed by atoms with Crippen molar-refractivity contribution in [2.75, 3.05) is 33.9 Å². The van der Waals surface area contributed by atoms with Gasteiger partial charge in [-0.3, -0.25) is 4.90 Å². The third-order valence-electron chi connectivity index (χ3n) is 2.86. The molecule has 106 valence electrons. The normalized spacial score (nSPS) is 10.8. The van der Waals surface area contributed by atoms with E-state index in [1.54, 1.807) is 25.3 Å². The van der Waals surface area contributed by atoms with E-state index in [0.717, 1.165) is 17.9 Å². The molecule has 0 spiro atoms. The average Bonchev–Trinajstić information content (AvgIpc) is 2.38. The lowest BCUT2D eigenvalue weighted by Gasteiger charge is -2.19. The lowest BCUT2D eigenvalue weighted by Crippen LogP contribution is -2.31. The maximum absolute atomic E-state index is 9.20. The minimum Gasteiger partial charge on any atom is -0.496 e. The Labute approximate surface area is 114 Å². The van der Waals surface area contributed by atoms with Gasteiger partial charge >= 0.3 is 7.12 Å². The Bertz CT molecular complexity index is 387. The summed E-state index contributed by atoms with van der Waals surface area (Å²) >= 11 is 0. The Morgan fingerprint density at radius 3 is 2.63 bits per heavy atom. The smallest absolute Gasteiger partial charge is 0.488 e. The van der Waals surface area contributed by atoms with Crippen LogP contribution in [0, 0.1) is 0 Å². The molecule has 5 nitrogen and oxygen atoms in total. The molecule has 1 rings (SSSR count). The Hall–Kier alpha value is -1.08. The number of methoxy groups -OCH3 is 1. The monoisotopic (exact) mass is 267 g/mol. The Morgan fingerprint density at radius 1 is 1.32 bits per heavy atom. The summed E-state index contributed by atoms with van der Waals surface area (Å²) in [5.41, 5.74) is 1.39. The molecule has 0 aliphatic heterocycles. The third kappa shape index (κ3) is 5.20. The van der Waals surface area contributed by atoms with Gasteiger partial charge in [0.25, 0.3) is 0 Å². The quantitative estimate of drug-likeness (QED) is 0.506. The standard InChI is InChI=1S/C13H22BNO4/c1-4-19-8-7-15(2)10-11-9-12(14(16)17)5-6-13(11)18-3/h5-6,9,16-17H,4,7-8,10H2,1-3H3. The number of benzene rings is 1. The molecule has 0 saturated carbocycles. The molecule has 0 radical (unpaired) electrons. The zero-order chi connectivity index (χ0) is 14.3. The highest BCUT2D eigenvalue weighted by atomic mass is 16.5. The molecule has 6 heteroatoms. The van der Waals surface area contributed by atoms with Gasteiger partial charge in [-0.05, 0) is 25.5 Å². The van der Waals surface area contributed by atoms with Gasteiger partial charge < -0.3 is 19.5 Å². The lowest BCUT2D eigenvalue weighted by molar-refractivity contribution is 0.120. The van der Waals surface area contributed by atoms with Crippen molar-refractivity contribution >= 4 is 12.6 Å². The van der Waals surface area contributed by atoms with E-state index < -0.39 is 7.12 Å². The second-order valence-electron chi connectivity index (χ2n) is 4.38. The van der Waals surface area contributed by atoms with Crippen LogP contribution in [-0.4, -0.2) is 56.0 Å². The molecule has 1 aromatic rings. The molecule has 19 heavy (non-hydrogen) atoms. The fraction of sp³-hybridized carbons (Fsp3) is 0.538. The van der Waals surface area contributed by atoms with Crippen LogP contribution >= 0.6 is 0 Å². The summed E-state index contributed by atoms with van der Waals surface area (Å²) in [5.74, 6) is 0.743. The summed E-state index contributed by atoms with van der Waals surface area (Å²) < 4.78 is 10.6. The summed E-state index contributed by atoms with van der Waals surface area (Å²) in [5, 5.41) is 18.4. The predicted molar refractivity (Wildman–Crippen MR) is 75.6 cm³/mol. The third-order valence-corrected chi connectivity index (χ3v) is 2.86. The molecule has 0 unspecified atom stereocenters. The molecule has 0 bridgehead atoms. The van der Waals surface area contributed by atoms with E-state index in [4.69, 9.17) is 9.47 Å². The molecule has 0 atom stereocenters. The summed E-state index contributed by atoms with van der Waals surface area (Å²) in [6.45, 7) is 4.83. The number of hydrogen-bond acceptors (Lipinski definition) is 5. The molecule has 0 saturated heterocycles. The van der Waals surface area contributed by atoms with Crippen LogP contribution in [0.5, 0.6) is 5.75 Å². The Balaban J connectivity index is 2.71. The first-order valence-electron chi connectivity index (χ1n) is 6.37. The highest BCUT2D eigenvalue weighted by molar-refractivity contribution is 6.58. The van der Waals surface area contributed by atoms with Crippen molar-refractivity contribution in [2.24, 2.45) is 0 Å². The van der Waals surface area contributed by atoms with Gasteiger partial charge in [-0.15, -0.1) is 0 Å². The molecule has 0 aromatic heterocycles. The average molecular weight is 267 g/mol. The number of likely N-dealkylation sites (N-methyl/N-ethyl adjacent to an activating group) is 1. The lowest BCUT2D eigenvalue weighted by atomic mass is 9.79. The molecule has 2 N–H and O–H groups in total. The first-order chi connectivity index (χ1) is 9.08. The Morgan fingerprint density at radius 2 is 2.05 bits per heavy atom. The van der Waals surface area contributed by atoms with E-state index in [1.165, 1.54) is 0 Å². The molecule has 0 aliphatic carbocycles. The van der Waals surface area contributed by atoms with Gasteiger partial charge in [0.15, 0.2) is 0 Å². The van der Waals surface area contributed by atoms with E-state index in [0.29, 0.717) is 25.2 Å². The van der Waals surface area contributed by atoms with Crippen LogP contribution in [0.15, 0.2) is 18.2 Å². The van der Waals surface area contributed by atoms with Gasteiger partial charge in [-0.1, -0.05) is 12.1 Å². The summed E-state index contributed by atoms with van der Waals surface area (Å²) in [4.78, 5) is 2.10. The van der Waals surface area contributed by atoms with Crippen molar-refractivity contribution in [1.82, 2.24) is 4.90 Å². The van der Waals surface area contributed by atoms with Crippen LogP contribution in [0.4, 0.5) is 0 Å². The maximum atomic E-state index is 9.20. The molecule has 0 amide bonds. The van der Waals surface area contributed by atoms with E-state index in [1.807, 2.05) is 14.0 Å².